The molecule has 118 valence electrons. The number of aromatic nitrogens is 2. The van der Waals surface area contributed by atoms with E-state index in [0.717, 1.165) is 13.1 Å². The first-order valence-corrected chi connectivity index (χ1v) is 8.13. The van der Waals surface area contributed by atoms with Crippen molar-refractivity contribution in [2.45, 2.75) is 25.4 Å². The first-order chi connectivity index (χ1) is 11.3. The average molecular weight is 305 g/mol. The Morgan fingerprint density at radius 3 is 2.04 bits per heavy atom. The van der Waals surface area contributed by atoms with Crippen molar-refractivity contribution < 1.29 is 0 Å². The van der Waals surface area contributed by atoms with Crippen molar-refractivity contribution in [1.29, 1.82) is 0 Å². The molecule has 3 rings (SSSR count). The Kier molecular flexibility index (Phi) is 5.22. The molecule has 3 aromatic rings. The molecule has 0 saturated heterocycles. The quantitative estimate of drug-likeness (QED) is 0.721. The fourth-order valence-electron chi connectivity index (χ4n) is 2.87. The molecule has 0 aliphatic rings. The zero-order chi connectivity index (χ0) is 15.9. The maximum atomic E-state index is 4.28. The zero-order valence-electron chi connectivity index (χ0n) is 13.5. The summed E-state index contributed by atoms with van der Waals surface area (Å²) in [4.78, 5) is 0. The molecule has 0 spiro atoms. The first kappa shape index (κ1) is 15.5. The van der Waals surface area contributed by atoms with Crippen LogP contribution in [0.3, 0.4) is 0 Å². The topological polar surface area (TPSA) is 29.9 Å². The smallest absolute Gasteiger partial charge is 0.0559 e. The van der Waals surface area contributed by atoms with E-state index in [0.29, 0.717) is 12.0 Å². The summed E-state index contributed by atoms with van der Waals surface area (Å²) in [6.45, 7) is 3.99. The molecule has 3 heteroatoms. The number of nitrogens with zero attached hydrogens (tertiary/aromatic N) is 2. The third-order valence-corrected chi connectivity index (χ3v) is 4.09. The zero-order valence-corrected chi connectivity index (χ0v) is 13.5. The van der Waals surface area contributed by atoms with Gasteiger partial charge in [0, 0.05) is 30.9 Å². The summed E-state index contributed by atoms with van der Waals surface area (Å²) in [5.41, 5.74) is 2.69. The third-order valence-electron chi connectivity index (χ3n) is 4.09. The monoisotopic (exact) mass is 305 g/mol. The number of hydrogen-bond donors (Lipinski definition) is 1. The molecule has 0 aliphatic carbocycles. The van der Waals surface area contributed by atoms with Crippen LogP contribution in [0, 0.1) is 0 Å². The van der Waals surface area contributed by atoms with Gasteiger partial charge in [0.15, 0.2) is 0 Å². The van der Waals surface area contributed by atoms with Gasteiger partial charge < -0.3 is 5.32 Å². The van der Waals surface area contributed by atoms with Crippen LogP contribution in [0.4, 0.5) is 0 Å². The molecule has 1 unspecified atom stereocenters. The molecule has 0 amide bonds. The molecule has 0 radical (unpaired) electrons. The van der Waals surface area contributed by atoms with Crippen LogP contribution in [0.2, 0.25) is 0 Å². The predicted octanol–water partition coefficient (Wildman–Crippen LogP) is 3.69. The minimum absolute atomic E-state index is 0.359. The van der Waals surface area contributed by atoms with E-state index in [9.17, 15) is 0 Å². The van der Waals surface area contributed by atoms with Gasteiger partial charge in [-0.05, 0) is 24.1 Å². The standard InChI is InChI=1S/C20H23N3/c1-17(16-23-14-8-13-22-23)21-15-20(18-9-4-2-5-10-18)19-11-6-3-7-12-19/h2-14,17,20-21H,15-16H2,1H3. The lowest BCUT2D eigenvalue weighted by atomic mass is 9.91. The van der Waals surface area contributed by atoms with Gasteiger partial charge in [0.1, 0.15) is 0 Å². The number of benzene rings is 2. The molecule has 0 aliphatic heterocycles. The number of nitrogens with one attached hydrogen (secondary N) is 1. The highest BCUT2D eigenvalue weighted by atomic mass is 15.3. The lowest BCUT2D eigenvalue weighted by Crippen LogP contribution is -2.34. The molecular weight excluding hydrogens is 282 g/mol. The van der Waals surface area contributed by atoms with Gasteiger partial charge in [0.25, 0.3) is 0 Å². The maximum Gasteiger partial charge on any atom is 0.0559 e. The lowest BCUT2D eigenvalue weighted by molar-refractivity contribution is 0.445. The fourth-order valence-corrected chi connectivity index (χ4v) is 2.87. The van der Waals surface area contributed by atoms with Crippen molar-refractivity contribution in [3.8, 4) is 0 Å². The summed E-state index contributed by atoms with van der Waals surface area (Å²) in [7, 11) is 0. The fraction of sp³-hybridized carbons (Fsp3) is 0.250. The van der Waals surface area contributed by atoms with Gasteiger partial charge in [-0.15, -0.1) is 0 Å². The van der Waals surface area contributed by atoms with Gasteiger partial charge in [-0.1, -0.05) is 60.7 Å². The van der Waals surface area contributed by atoms with Crippen LogP contribution in [0.5, 0.6) is 0 Å². The Morgan fingerprint density at radius 1 is 0.913 bits per heavy atom. The van der Waals surface area contributed by atoms with Gasteiger partial charge in [-0.25, -0.2) is 0 Å². The van der Waals surface area contributed by atoms with E-state index in [1.807, 2.05) is 23.1 Å². The summed E-state index contributed by atoms with van der Waals surface area (Å²) in [5, 5.41) is 7.93. The second-order valence-electron chi connectivity index (χ2n) is 5.91. The maximum absolute atomic E-state index is 4.28. The minimum atomic E-state index is 0.359. The summed E-state index contributed by atoms with van der Waals surface area (Å²) in [6.07, 6.45) is 3.83. The second-order valence-corrected chi connectivity index (χ2v) is 5.91. The first-order valence-electron chi connectivity index (χ1n) is 8.13. The van der Waals surface area contributed by atoms with Crippen molar-refractivity contribution in [3.63, 3.8) is 0 Å². The molecule has 0 fully saturated rings. The van der Waals surface area contributed by atoms with E-state index in [1.54, 1.807) is 0 Å². The van der Waals surface area contributed by atoms with Crippen molar-refractivity contribution in [1.82, 2.24) is 15.1 Å². The van der Waals surface area contributed by atoms with Crippen LogP contribution in [-0.2, 0) is 6.54 Å². The average Bonchev–Trinajstić information content (AvgIpc) is 3.10. The van der Waals surface area contributed by atoms with Crippen LogP contribution >= 0.6 is 0 Å². The molecule has 1 atom stereocenters. The summed E-state index contributed by atoms with van der Waals surface area (Å²) in [6, 6.07) is 23.7. The highest BCUT2D eigenvalue weighted by Gasteiger charge is 2.15. The van der Waals surface area contributed by atoms with Crippen LogP contribution in [0.25, 0.3) is 0 Å². The molecular formula is C20H23N3. The molecule has 0 saturated carbocycles. The normalized spacial score (nSPS) is 12.4. The van der Waals surface area contributed by atoms with E-state index in [2.05, 4.69) is 78.0 Å². The molecule has 0 bridgehead atoms. The van der Waals surface area contributed by atoms with Crippen molar-refractivity contribution in [2.24, 2.45) is 0 Å². The number of hydrogen-bond acceptors (Lipinski definition) is 2. The molecule has 23 heavy (non-hydrogen) atoms. The van der Waals surface area contributed by atoms with Gasteiger partial charge in [-0.2, -0.15) is 5.10 Å². The summed E-state index contributed by atoms with van der Waals surface area (Å²) in [5.74, 6) is 0.359. The molecule has 3 nitrogen and oxygen atoms in total. The largest absolute Gasteiger partial charge is 0.311 e. The minimum Gasteiger partial charge on any atom is -0.311 e. The van der Waals surface area contributed by atoms with E-state index in [-0.39, 0.29) is 0 Å². The van der Waals surface area contributed by atoms with Crippen LogP contribution in [-0.4, -0.2) is 22.4 Å². The Labute approximate surface area is 138 Å². The van der Waals surface area contributed by atoms with E-state index in [1.165, 1.54) is 11.1 Å². The predicted molar refractivity (Wildman–Crippen MR) is 94.4 cm³/mol. The van der Waals surface area contributed by atoms with Gasteiger partial charge in [-0.3, -0.25) is 4.68 Å². The molecule has 1 N–H and O–H groups in total. The second kappa shape index (κ2) is 7.75. The highest BCUT2D eigenvalue weighted by Crippen LogP contribution is 2.23. The van der Waals surface area contributed by atoms with Crippen molar-refractivity contribution in [2.75, 3.05) is 6.54 Å². The van der Waals surface area contributed by atoms with Gasteiger partial charge in [0.2, 0.25) is 0 Å². The lowest BCUT2D eigenvalue weighted by Gasteiger charge is -2.22. The van der Waals surface area contributed by atoms with Crippen LogP contribution in [0.1, 0.15) is 24.0 Å². The van der Waals surface area contributed by atoms with E-state index in [4.69, 9.17) is 0 Å². The Balaban J connectivity index is 1.69. The Bertz CT molecular complexity index is 638. The van der Waals surface area contributed by atoms with E-state index < -0.39 is 0 Å². The Hall–Kier alpha value is -2.39. The van der Waals surface area contributed by atoms with Gasteiger partial charge >= 0.3 is 0 Å². The van der Waals surface area contributed by atoms with Crippen LogP contribution in [0.15, 0.2) is 79.1 Å². The van der Waals surface area contributed by atoms with Crippen molar-refractivity contribution in [3.05, 3.63) is 90.3 Å². The van der Waals surface area contributed by atoms with Crippen molar-refractivity contribution >= 4 is 0 Å². The summed E-state index contributed by atoms with van der Waals surface area (Å²) >= 11 is 0. The SMILES string of the molecule is CC(Cn1cccn1)NCC(c1ccccc1)c1ccccc1. The number of rotatable bonds is 7. The highest BCUT2D eigenvalue weighted by molar-refractivity contribution is 5.32. The van der Waals surface area contributed by atoms with Gasteiger partial charge in [0.05, 0.1) is 6.54 Å². The van der Waals surface area contributed by atoms with Crippen LogP contribution < -0.4 is 5.32 Å². The molecule has 2 aromatic carbocycles. The summed E-state index contributed by atoms with van der Waals surface area (Å²) < 4.78 is 1.97. The third kappa shape index (κ3) is 4.30. The Morgan fingerprint density at radius 2 is 1.52 bits per heavy atom. The molecule has 1 aromatic heterocycles. The molecule has 1 heterocycles. The van der Waals surface area contributed by atoms with E-state index >= 15 is 0 Å².